The maximum atomic E-state index is 12.5. The smallest absolute Gasteiger partial charge is 0.254 e. The molecule has 0 N–H and O–H groups in total. The lowest BCUT2D eigenvalue weighted by atomic mass is 10.1. The third-order valence-electron chi connectivity index (χ3n) is 3.87. The molecule has 2 aliphatic heterocycles. The van der Waals surface area contributed by atoms with Crippen LogP contribution in [0, 0.1) is 0 Å². The van der Waals surface area contributed by atoms with Crippen molar-refractivity contribution in [3.05, 3.63) is 23.8 Å². The third kappa shape index (κ3) is 2.83. The molecule has 21 heavy (non-hydrogen) atoms. The Kier molecular flexibility index (Phi) is 3.52. The first-order valence-corrected chi connectivity index (χ1v) is 8.66. The van der Waals surface area contributed by atoms with Gasteiger partial charge < -0.3 is 14.4 Å². The molecular weight excluding hydrogens is 294 g/mol. The minimum atomic E-state index is -3.01. The Morgan fingerprint density at radius 2 is 1.95 bits per heavy atom. The van der Waals surface area contributed by atoms with E-state index in [1.807, 2.05) is 0 Å². The van der Waals surface area contributed by atoms with Crippen molar-refractivity contribution in [2.45, 2.75) is 12.5 Å². The highest BCUT2D eigenvalue weighted by Crippen LogP contribution is 2.31. The molecule has 1 atom stereocenters. The van der Waals surface area contributed by atoms with Gasteiger partial charge >= 0.3 is 0 Å². The summed E-state index contributed by atoms with van der Waals surface area (Å²) >= 11 is 0. The van der Waals surface area contributed by atoms with E-state index in [2.05, 4.69) is 0 Å². The number of benzene rings is 1. The predicted octanol–water partition coefficient (Wildman–Crippen LogP) is 0.717. The molecule has 1 saturated heterocycles. The number of hydrogen-bond donors (Lipinski definition) is 0. The van der Waals surface area contributed by atoms with Crippen molar-refractivity contribution < 1.29 is 22.7 Å². The Morgan fingerprint density at radius 3 is 2.62 bits per heavy atom. The van der Waals surface area contributed by atoms with Crippen molar-refractivity contribution in [3.8, 4) is 11.5 Å². The second kappa shape index (κ2) is 5.22. The highest BCUT2D eigenvalue weighted by atomic mass is 32.2. The summed E-state index contributed by atoms with van der Waals surface area (Å²) in [6.45, 7) is 0.960. The van der Waals surface area contributed by atoms with Gasteiger partial charge in [-0.1, -0.05) is 0 Å². The van der Waals surface area contributed by atoms with Gasteiger partial charge in [-0.25, -0.2) is 8.42 Å². The van der Waals surface area contributed by atoms with E-state index < -0.39 is 9.84 Å². The molecule has 0 saturated carbocycles. The van der Waals surface area contributed by atoms with Crippen LogP contribution >= 0.6 is 0 Å². The number of carbonyl (C=O) groups is 1. The van der Waals surface area contributed by atoms with Crippen LogP contribution in [0.3, 0.4) is 0 Å². The zero-order valence-corrected chi connectivity index (χ0v) is 12.6. The van der Waals surface area contributed by atoms with Gasteiger partial charge in [0.15, 0.2) is 21.3 Å². The topological polar surface area (TPSA) is 72.9 Å². The van der Waals surface area contributed by atoms with Crippen molar-refractivity contribution >= 4 is 15.7 Å². The van der Waals surface area contributed by atoms with Crippen LogP contribution in [0.1, 0.15) is 16.8 Å². The molecule has 0 radical (unpaired) electrons. The highest BCUT2D eigenvalue weighted by Gasteiger charge is 2.33. The largest absolute Gasteiger partial charge is 0.486 e. The minimum Gasteiger partial charge on any atom is -0.486 e. The van der Waals surface area contributed by atoms with Crippen molar-refractivity contribution in [1.82, 2.24) is 4.90 Å². The molecule has 2 aliphatic rings. The molecule has 7 heteroatoms. The van der Waals surface area contributed by atoms with E-state index >= 15 is 0 Å². The fourth-order valence-corrected chi connectivity index (χ4v) is 4.40. The molecule has 0 bridgehead atoms. The summed E-state index contributed by atoms with van der Waals surface area (Å²) in [6, 6.07) is 4.78. The van der Waals surface area contributed by atoms with Crippen LogP contribution in [-0.2, 0) is 9.84 Å². The van der Waals surface area contributed by atoms with E-state index in [4.69, 9.17) is 9.47 Å². The fraction of sp³-hybridized carbons (Fsp3) is 0.500. The van der Waals surface area contributed by atoms with E-state index in [1.54, 1.807) is 25.2 Å². The maximum absolute atomic E-state index is 12.5. The first-order valence-electron chi connectivity index (χ1n) is 6.83. The summed E-state index contributed by atoms with van der Waals surface area (Å²) in [5.74, 6) is 1.17. The summed E-state index contributed by atoms with van der Waals surface area (Å²) in [6.07, 6.45) is 0.495. The van der Waals surface area contributed by atoms with E-state index in [9.17, 15) is 13.2 Å². The quantitative estimate of drug-likeness (QED) is 0.804. The standard InChI is InChI=1S/C14H17NO5S/c1-15(11-4-7-21(17,18)9-11)14(16)10-2-3-12-13(8-10)20-6-5-19-12/h2-3,8,11H,4-7,9H2,1H3/t11-/m1/s1. The molecule has 2 heterocycles. The van der Waals surface area contributed by atoms with Crippen molar-refractivity contribution in [2.75, 3.05) is 31.8 Å². The molecule has 1 aromatic carbocycles. The molecular formula is C14H17NO5S. The van der Waals surface area contributed by atoms with Gasteiger partial charge in [-0.15, -0.1) is 0 Å². The third-order valence-corrected chi connectivity index (χ3v) is 5.62. The molecule has 1 fully saturated rings. The molecule has 0 aromatic heterocycles. The van der Waals surface area contributed by atoms with Crippen LogP contribution in [0.4, 0.5) is 0 Å². The fourth-order valence-electron chi connectivity index (χ4n) is 2.63. The lowest BCUT2D eigenvalue weighted by Crippen LogP contribution is -2.37. The molecule has 3 rings (SSSR count). The van der Waals surface area contributed by atoms with E-state index in [0.29, 0.717) is 36.7 Å². The van der Waals surface area contributed by atoms with Gasteiger partial charge in [-0.2, -0.15) is 0 Å². The van der Waals surface area contributed by atoms with Crippen LogP contribution < -0.4 is 9.47 Å². The number of hydrogen-bond acceptors (Lipinski definition) is 5. The number of amides is 1. The number of rotatable bonds is 2. The van der Waals surface area contributed by atoms with Crippen molar-refractivity contribution in [2.24, 2.45) is 0 Å². The van der Waals surface area contributed by atoms with E-state index in [-0.39, 0.29) is 23.5 Å². The maximum Gasteiger partial charge on any atom is 0.254 e. The minimum absolute atomic E-state index is 0.0415. The van der Waals surface area contributed by atoms with Crippen LogP contribution in [0.25, 0.3) is 0 Å². The Hall–Kier alpha value is -1.76. The number of sulfone groups is 1. The summed E-state index contributed by atoms with van der Waals surface area (Å²) < 4.78 is 33.9. The number of ether oxygens (including phenoxy) is 2. The Balaban J connectivity index is 1.79. The number of carbonyl (C=O) groups excluding carboxylic acids is 1. The van der Waals surface area contributed by atoms with Gasteiger partial charge in [0.05, 0.1) is 11.5 Å². The van der Waals surface area contributed by atoms with Crippen molar-refractivity contribution in [3.63, 3.8) is 0 Å². The zero-order valence-electron chi connectivity index (χ0n) is 11.7. The highest BCUT2D eigenvalue weighted by molar-refractivity contribution is 7.91. The Morgan fingerprint density at radius 1 is 1.24 bits per heavy atom. The zero-order chi connectivity index (χ0) is 15.0. The first kappa shape index (κ1) is 14.2. The SMILES string of the molecule is CN(C(=O)c1ccc2c(c1)OCCO2)[C@@H]1CCS(=O)(=O)C1. The first-order chi connectivity index (χ1) is 9.96. The molecule has 0 aliphatic carbocycles. The summed E-state index contributed by atoms with van der Waals surface area (Å²) in [7, 11) is -1.37. The van der Waals surface area contributed by atoms with Gasteiger partial charge in [-0.05, 0) is 24.6 Å². The second-order valence-corrected chi connectivity index (χ2v) is 7.56. The van der Waals surface area contributed by atoms with Gasteiger partial charge in [0, 0.05) is 18.7 Å². The van der Waals surface area contributed by atoms with Gasteiger partial charge in [0.1, 0.15) is 13.2 Å². The van der Waals surface area contributed by atoms with Crippen LogP contribution in [0.15, 0.2) is 18.2 Å². The molecule has 1 aromatic rings. The van der Waals surface area contributed by atoms with Crippen molar-refractivity contribution in [1.29, 1.82) is 0 Å². The summed E-state index contributed by atoms with van der Waals surface area (Å²) in [5, 5.41) is 0. The van der Waals surface area contributed by atoms with Crippen LogP contribution in [0.2, 0.25) is 0 Å². The van der Waals surface area contributed by atoms with Gasteiger partial charge in [0.25, 0.3) is 5.91 Å². The summed E-state index contributed by atoms with van der Waals surface area (Å²) in [4.78, 5) is 14.0. The van der Waals surface area contributed by atoms with Crippen LogP contribution in [-0.4, -0.2) is 57.0 Å². The average Bonchev–Trinajstić information content (AvgIpc) is 2.85. The molecule has 6 nitrogen and oxygen atoms in total. The van der Waals surface area contributed by atoms with Crippen LogP contribution in [0.5, 0.6) is 11.5 Å². The normalized spacial score (nSPS) is 22.8. The number of fused-ring (bicyclic) bond motifs is 1. The molecule has 0 spiro atoms. The summed E-state index contributed by atoms with van der Waals surface area (Å²) in [5.41, 5.74) is 0.478. The Labute approximate surface area is 123 Å². The average molecular weight is 311 g/mol. The molecule has 1 amide bonds. The van der Waals surface area contributed by atoms with E-state index in [1.165, 1.54) is 4.90 Å². The predicted molar refractivity (Wildman–Crippen MR) is 76.6 cm³/mol. The number of nitrogens with zero attached hydrogens (tertiary/aromatic N) is 1. The van der Waals surface area contributed by atoms with E-state index in [0.717, 1.165) is 0 Å². The van der Waals surface area contributed by atoms with Gasteiger partial charge in [-0.3, -0.25) is 4.79 Å². The Bertz CT molecular complexity index is 670. The lowest BCUT2D eigenvalue weighted by Gasteiger charge is -2.24. The second-order valence-electron chi connectivity index (χ2n) is 5.33. The monoisotopic (exact) mass is 311 g/mol. The molecule has 0 unspecified atom stereocenters. The lowest BCUT2D eigenvalue weighted by molar-refractivity contribution is 0.0746. The van der Waals surface area contributed by atoms with Gasteiger partial charge in [0.2, 0.25) is 0 Å². The molecule has 114 valence electrons.